The molecule has 1 heteroatoms. The number of ether oxygens (including phenoxy) is 1. The maximum atomic E-state index is 4.98. The van der Waals surface area contributed by atoms with Crippen LogP contribution < -0.4 is 0 Å². The Morgan fingerprint density at radius 1 is 1.00 bits per heavy atom. The van der Waals surface area contributed by atoms with Gasteiger partial charge in [0, 0.05) is 0 Å². The number of hydrogen-bond donors (Lipinski definition) is 0. The van der Waals surface area contributed by atoms with Gasteiger partial charge in [0.2, 0.25) is 0 Å². The Hall–Kier alpha value is -0.300. The molecule has 0 N–H and O–H groups in total. The first kappa shape index (κ1) is 12.4. The van der Waals surface area contributed by atoms with E-state index in [4.69, 9.17) is 4.74 Å². The van der Waals surface area contributed by atoms with E-state index in [9.17, 15) is 0 Å². The molecule has 0 fully saturated rings. The quantitative estimate of drug-likeness (QED) is 0.475. The second-order valence-electron chi connectivity index (χ2n) is 1.33. The first-order valence-electron chi connectivity index (χ1n) is 4.23. The highest BCUT2D eigenvalue weighted by molar-refractivity contribution is 4.84. The molecule has 0 spiro atoms. The van der Waals surface area contributed by atoms with Gasteiger partial charge in [-0.2, -0.15) is 0 Å². The lowest BCUT2D eigenvalue weighted by atomic mass is 10.3. The predicted octanol–water partition coefficient (Wildman–Crippen LogP) is 3.02. The molecule has 1 rings (SSSR count). The molecule has 1 heterocycles. The van der Waals surface area contributed by atoms with Gasteiger partial charge in [-0.15, -0.1) is 0 Å². The number of hydrogen-bond acceptors (Lipinski definition) is 1. The van der Waals surface area contributed by atoms with E-state index in [1.807, 2.05) is 33.8 Å². The van der Waals surface area contributed by atoms with Crippen molar-refractivity contribution in [3.05, 3.63) is 12.2 Å². The third kappa shape index (κ3) is 10.6. The summed E-state index contributed by atoms with van der Waals surface area (Å²) >= 11 is 0. The molecule has 0 unspecified atom stereocenters. The smallest absolute Gasteiger partial charge is 0.0647 e. The highest BCUT2D eigenvalue weighted by atomic mass is 16.5. The molecular weight excluding hydrogens is 124 g/mol. The van der Waals surface area contributed by atoms with Crippen LogP contribution in [-0.4, -0.2) is 13.2 Å². The fourth-order valence-electron chi connectivity index (χ4n) is 0.489. The standard InChI is InChI=1S/C5H8O.2C2H6/c1-2-4-6-5-3-1;2*1-2/h1-2H,3-5H2;2*1-2H3. The lowest BCUT2D eigenvalue weighted by molar-refractivity contribution is 0.158. The average Bonchev–Trinajstić information content (AvgIpc) is 2.14. The van der Waals surface area contributed by atoms with E-state index in [0.29, 0.717) is 0 Å². The van der Waals surface area contributed by atoms with Crippen molar-refractivity contribution < 1.29 is 4.74 Å². The zero-order valence-electron chi connectivity index (χ0n) is 7.68. The van der Waals surface area contributed by atoms with Crippen molar-refractivity contribution in [1.82, 2.24) is 0 Å². The second kappa shape index (κ2) is 15.9. The molecule has 0 bridgehead atoms. The van der Waals surface area contributed by atoms with E-state index in [-0.39, 0.29) is 0 Å². The van der Waals surface area contributed by atoms with Gasteiger partial charge in [-0.1, -0.05) is 39.8 Å². The van der Waals surface area contributed by atoms with Crippen LogP contribution in [0.15, 0.2) is 12.2 Å². The van der Waals surface area contributed by atoms with E-state index in [2.05, 4.69) is 6.08 Å². The summed E-state index contributed by atoms with van der Waals surface area (Å²) in [6.45, 7) is 9.73. The minimum atomic E-state index is 0.819. The predicted molar refractivity (Wildman–Crippen MR) is 47.3 cm³/mol. The fourth-order valence-corrected chi connectivity index (χ4v) is 0.489. The van der Waals surface area contributed by atoms with Crippen molar-refractivity contribution in [2.45, 2.75) is 34.1 Å². The van der Waals surface area contributed by atoms with Crippen LogP contribution in [0.4, 0.5) is 0 Å². The molecule has 1 aliphatic rings. The Labute approximate surface area is 65.1 Å². The van der Waals surface area contributed by atoms with Gasteiger partial charge in [0.15, 0.2) is 0 Å². The summed E-state index contributed by atoms with van der Waals surface area (Å²) in [6.07, 6.45) is 5.28. The maximum absolute atomic E-state index is 4.98. The zero-order chi connectivity index (χ0) is 8.24. The van der Waals surface area contributed by atoms with Gasteiger partial charge in [0.05, 0.1) is 13.2 Å². The molecule has 0 aromatic carbocycles. The van der Waals surface area contributed by atoms with Crippen molar-refractivity contribution in [1.29, 1.82) is 0 Å². The monoisotopic (exact) mass is 144 g/mol. The molecule has 62 valence electrons. The minimum absolute atomic E-state index is 0.819. The van der Waals surface area contributed by atoms with Crippen molar-refractivity contribution in [3.8, 4) is 0 Å². The largest absolute Gasteiger partial charge is 0.377 e. The summed E-state index contributed by atoms with van der Waals surface area (Å²) in [5, 5.41) is 0. The molecule has 0 saturated carbocycles. The molecule has 0 saturated heterocycles. The summed E-state index contributed by atoms with van der Waals surface area (Å²) in [7, 11) is 0. The Bertz CT molecular complexity index is 49.7. The van der Waals surface area contributed by atoms with Crippen molar-refractivity contribution in [2.75, 3.05) is 13.2 Å². The third-order valence-corrected chi connectivity index (χ3v) is 0.810. The first-order valence-corrected chi connectivity index (χ1v) is 4.23. The van der Waals surface area contributed by atoms with Crippen LogP contribution in [0.25, 0.3) is 0 Å². The third-order valence-electron chi connectivity index (χ3n) is 0.810. The Morgan fingerprint density at radius 2 is 1.60 bits per heavy atom. The summed E-state index contributed by atoms with van der Waals surface area (Å²) in [4.78, 5) is 0. The van der Waals surface area contributed by atoms with E-state index < -0.39 is 0 Å². The van der Waals surface area contributed by atoms with Gasteiger partial charge in [-0.05, 0) is 6.42 Å². The van der Waals surface area contributed by atoms with Crippen LogP contribution in [0, 0.1) is 0 Å². The normalized spacial score (nSPS) is 14.0. The summed E-state index contributed by atoms with van der Waals surface area (Å²) < 4.78 is 4.98. The molecule has 10 heavy (non-hydrogen) atoms. The lowest BCUT2D eigenvalue weighted by Crippen LogP contribution is -1.96. The lowest BCUT2D eigenvalue weighted by Gasteiger charge is -2.00. The molecule has 0 radical (unpaired) electrons. The Morgan fingerprint density at radius 3 is 1.70 bits per heavy atom. The van der Waals surface area contributed by atoms with E-state index in [1.165, 1.54) is 0 Å². The second-order valence-corrected chi connectivity index (χ2v) is 1.33. The Balaban J connectivity index is 0. The zero-order valence-corrected chi connectivity index (χ0v) is 7.68. The van der Waals surface area contributed by atoms with Crippen LogP contribution in [0.3, 0.4) is 0 Å². The van der Waals surface area contributed by atoms with E-state index in [0.717, 1.165) is 19.6 Å². The number of rotatable bonds is 0. The van der Waals surface area contributed by atoms with Gasteiger partial charge >= 0.3 is 0 Å². The molecule has 1 aliphatic heterocycles. The fraction of sp³-hybridized carbons (Fsp3) is 0.778. The maximum Gasteiger partial charge on any atom is 0.0647 e. The first-order chi connectivity index (χ1) is 5.00. The van der Waals surface area contributed by atoms with E-state index >= 15 is 0 Å². The molecule has 0 amide bonds. The van der Waals surface area contributed by atoms with Crippen LogP contribution in [-0.2, 0) is 4.74 Å². The molecule has 0 aromatic rings. The molecule has 0 aromatic heterocycles. The molecular formula is C9H20O. The van der Waals surface area contributed by atoms with Crippen LogP contribution >= 0.6 is 0 Å². The van der Waals surface area contributed by atoms with E-state index in [1.54, 1.807) is 0 Å². The SMILES string of the molecule is C1=CCOCC1.CC.CC. The summed E-state index contributed by atoms with van der Waals surface area (Å²) in [5.41, 5.74) is 0. The van der Waals surface area contributed by atoms with Crippen molar-refractivity contribution in [3.63, 3.8) is 0 Å². The van der Waals surface area contributed by atoms with Gasteiger partial charge < -0.3 is 4.74 Å². The summed E-state index contributed by atoms with van der Waals surface area (Å²) in [6, 6.07) is 0. The van der Waals surface area contributed by atoms with Crippen LogP contribution in [0.1, 0.15) is 34.1 Å². The highest BCUT2D eigenvalue weighted by Crippen LogP contribution is 1.91. The van der Waals surface area contributed by atoms with Crippen molar-refractivity contribution in [2.24, 2.45) is 0 Å². The molecule has 0 aliphatic carbocycles. The average molecular weight is 144 g/mol. The Kier molecular flexibility index (Phi) is 19.7. The minimum Gasteiger partial charge on any atom is -0.377 e. The molecule has 1 nitrogen and oxygen atoms in total. The van der Waals surface area contributed by atoms with Gasteiger partial charge in [-0.3, -0.25) is 0 Å². The van der Waals surface area contributed by atoms with Crippen LogP contribution in [0.5, 0.6) is 0 Å². The topological polar surface area (TPSA) is 9.23 Å². The van der Waals surface area contributed by atoms with Crippen molar-refractivity contribution >= 4 is 0 Å². The van der Waals surface area contributed by atoms with Gasteiger partial charge in [0.25, 0.3) is 0 Å². The highest BCUT2D eigenvalue weighted by Gasteiger charge is 1.85. The summed E-state index contributed by atoms with van der Waals surface area (Å²) in [5.74, 6) is 0. The van der Waals surface area contributed by atoms with Crippen LogP contribution in [0.2, 0.25) is 0 Å². The molecule has 0 atom stereocenters. The van der Waals surface area contributed by atoms with Gasteiger partial charge in [-0.25, -0.2) is 0 Å². The van der Waals surface area contributed by atoms with Gasteiger partial charge in [0.1, 0.15) is 0 Å².